The van der Waals surface area contributed by atoms with Crippen LogP contribution in [0.15, 0.2) is 29.6 Å². The minimum Gasteiger partial charge on any atom is -0.480 e. The third-order valence-corrected chi connectivity index (χ3v) is 5.39. The molecular formula is C17H19NO2S. The summed E-state index contributed by atoms with van der Waals surface area (Å²) >= 11 is 1.67. The zero-order valence-electron chi connectivity index (χ0n) is 12.3. The fourth-order valence-electron chi connectivity index (χ4n) is 3.03. The quantitative estimate of drug-likeness (QED) is 0.942. The largest absolute Gasteiger partial charge is 0.480 e. The number of aliphatic carboxylic acids is 1. The van der Waals surface area contributed by atoms with Crippen LogP contribution >= 0.6 is 11.3 Å². The van der Waals surface area contributed by atoms with E-state index in [9.17, 15) is 9.90 Å². The Kier molecular flexibility index (Phi) is 3.83. The van der Waals surface area contributed by atoms with E-state index in [-0.39, 0.29) is 0 Å². The van der Waals surface area contributed by atoms with Gasteiger partial charge in [-0.05, 0) is 54.0 Å². The lowest BCUT2D eigenvalue weighted by molar-refractivity contribution is -0.144. The molecule has 3 nitrogen and oxygen atoms in total. The van der Waals surface area contributed by atoms with Gasteiger partial charge in [-0.3, -0.25) is 9.69 Å². The van der Waals surface area contributed by atoms with Crippen LogP contribution in [-0.2, 0) is 17.8 Å². The molecule has 0 fully saturated rings. The van der Waals surface area contributed by atoms with Crippen LogP contribution in [0.4, 0.5) is 0 Å². The van der Waals surface area contributed by atoms with Gasteiger partial charge < -0.3 is 5.11 Å². The molecule has 2 heterocycles. The summed E-state index contributed by atoms with van der Waals surface area (Å²) in [7, 11) is 0. The van der Waals surface area contributed by atoms with Gasteiger partial charge >= 0.3 is 5.97 Å². The Morgan fingerprint density at radius 1 is 1.38 bits per heavy atom. The number of carbonyl (C=O) groups is 1. The van der Waals surface area contributed by atoms with E-state index < -0.39 is 12.0 Å². The maximum absolute atomic E-state index is 11.7. The highest BCUT2D eigenvalue weighted by Gasteiger charge is 2.33. The summed E-state index contributed by atoms with van der Waals surface area (Å²) < 4.78 is 0. The molecule has 3 rings (SSSR count). The van der Waals surface area contributed by atoms with Crippen molar-refractivity contribution < 1.29 is 9.90 Å². The second-order valence-corrected chi connectivity index (χ2v) is 6.62. The molecule has 1 N–H and O–H groups in total. The zero-order chi connectivity index (χ0) is 15.0. The van der Waals surface area contributed by atoms with Crippen LogP contribution in [-0.4, -0.2) is 22.5 Å². The van der Waals surface area contributed by atoms with Crippen LogP contribution in [0.2, 0.25) is 0 Å². The Bertz CT molecular complexity index is 677. The van der Waals surface area contributed by atoms with E-state index in [0.29, 0.717) is 6.54 Å². The molecule has 0 saturated carbocycles. The maximum atomic E-state index is 11.7. The summed E-state index contributed by atoms with van der Waals surface area (Å²) in [5.74, 6) is -0.750. The Morgan fingerprint density at radius 3 is 2.95 bits per heavy atom. The zero-order valence-corrected chi connectivity index (χ0v) is 13.1. The maximum Gasteiger partial charge on any atom is 0.325 e. The van der Waals surface area contributed by atoms with Crippen molar-refractivity contribution in [2.24, 2.45) is 0 Å². The standard InChI is InChI=1S/C17H19NO2S/c1-11-4-3-5-13(12(11)2)10-18-8-6-15-14(7-9-21-15)16(18)17(19)20/h3-5,7,9,16H,6,8,10H2,1-2H3,(H,19,20). The van der Waals surface area contributed by atoms with Gasteiger partial charge in [-0.15, -0.1) is 11.3 Å². The summed E-state index contributed by atoms with van der Waals surface area (Å²) in [4.78, 5) is 15.0. The van der Waals surface area contributed by atoms with Gasteiger partial charge in [0.25, 0.3) is 0 Å². The lowest BCUT2D eigenvalue weighted by atomic mass is 9.97. The van der Waals surface area contributed by atoms with Crippen molar-refractivity contribution in [3.63, 3.8) is 0 Å². The number of hydrogen-bond donors (Lipinski definition) is 1. The first-order valence-corrected chi connectivity index (χ1v) is 8.04. The van der Waals surface area contributed by atoms with Gasteiger partial charge in [-0.2, -0.15) is 0 Å². The fourth-order valence-corrected chi connectivity index (χ4v) is 3.93. The normalized spacial score (nSPS) is 18.5. The third-order valence-electron chi connectivity index (χ3n) is 4.39. The Labute approximate surface area is 128 Å². The molecule has 1 aliphatic rings. The molecule has 4 heteroatoms. The Balaban J connectivity index is 1.92. The highest BCUT2D eigenvalue weighted by Crippen LogP contribution is 2.34. The minimum atomic E-state index is -0.750. The number of carboxylic acids is 1. The molecule has 1 aromatic heterocycles. The smallest absolute Gasteiger partial charge is 0.325 e. The molecule has 21 heavy (non-hydrogen) atoms. The van der Waals surface area contributed by atoms with Crippen LogP contribution in [0.3, 0.4) is 0 Å². The van der Waals surface area contributed by atoms with Gasteiger partial charge in [0.1, 0.15) is 6.04 Å². The summed E-state index contributed by atoms with van der Waals surface area (Å²) in [5, 5.41) is 11.6. The molecule has 1 aliphatic heterocycles. The first kappa shape index (κ1) is 14.3. The van der Waals surface area contributed by atoms with Crippen LogP contribution in [0.5, 0.6) is 0 Å². The molecule has 0 spiro atoms. The van der Waals surface area contributed by atoms with E-state index in [1.807, 2.05) is 17.5 Å². The number of rotatable bonds is 3. The van der Waals surface area contributed by atoms with Crippen molar-refractivity contribution in [1.29, 1.82) is 0 Å². The first-order valence-electron chi connectivity index (χ1n) is 7.16. The van der Waals surface area contributed by atoms with E-state index in [4.69, 9.17) is 0 Å². The van der Waals surface area contributed by atoms with E-state index in [1.165, 1.54) is 21.6 Å². The number of fused-ring (bicyclic) bond motifs is 1. The molecule has 110 valence electrons. The summed E-state index contributed by atoms with van der Waals surface area (Å²) in [5.41, 5.74) is 4.72. The predicted octanol–water partition coefficient (Wildman–Crippen LogP) is 3.55. The van der Waals surface area contributed by atoms with Gasteiger partial charge in [0.15, 0.2) is 0 Å². The third kappa shape index (κ3) is 2.61. The van der Waals surface area contributed by atoms with Crippen molar-refractivity contribution >= 4 is 17.3 Å². The van der Waals surface area contributed by atoms with Crippen molar-refractivity contribution in [3.8, 4) is 0 Å². The van der Waals surface area contributed by atoms with Crippen molar-refractivity contribution in [2.45, 2.75) is 32.9 Å². The molecule has 2 aromatic rings. The second-order valence-electron chi connectivity index (χ2n) is 5.62. The van der Waals surface area contributed by atoms with Crippen LogP contribution in [0, 0.1) is 13.8 Å². The van der Waals surface area contributed by atoms with E-state index in [2.05, 4.69) is 30.9 Å². The number of benzene rings is 1. The number of thiophene rings is 1. The molecule has 0 radical (unpaired) electrons. The number of hydrogen-bond acceptors (Lipinski definition) is 3. The summed E-state index contributed by atoms with van der Waals surface area (Å²) in [6.07, 6.45) is 0.946. The second kappa shape index (κ2) is 5.62. The van der Waals surface area contributed by atoms with Crippen molar-refractivity contribution in [1.82, 2.24) is 4.90 Å². The molecule has 0 aliphatic carbocycles. The average Bonchev–Trinajstić information content (AvgIpc) is 2.91. The fraction of sp³-hybridized carbons (Fsp3) is 0.353. The summed E-state index contributed by atoms with van der Waals surface area (Å²) in [6.45, 7) is 5.71. The van der Waals surface area contributed by atoms with E-state index in [0.717, 1.165) is 18.5 Å². The molecule has 0 saturated heterocycles. The predicted molar refractivity (Wildman–Crippen MR) is 84.7 cm³/mol. The topological polar surface area (TPSA) is 40.5 Å². The van der Waals surface area contributed by atoms with Crippen LogP contribution < -0.4 is 0 Å². The SMILES string of the molecule is Cc1cccc(CN2CCc3sccc3C2C(=O)O)c1C. The van der Waals surface area contributed by atoms with Gasteiger partial charge in [0, 0.05) is 18.0 Å². The molecule has 0 bridgehead atoms. The Hall–Kier alpha value is -1.65. The number of nitrogens with zero attached hydrogens (tertiary/aromatic N) is 1. The highest BCUT2D eigenvalue weighted by atomic mass is 32.1. The van der Waals surface area contributed by atoms with Gasteiger partial charge in [0.2, 0.25) is 0 Å². The minimum absolute atomic E-state index is 0.514. The summed E-state index contributed by atoms with van der Waals surface area (Å²) in [6, 6.07) is 7.70. The monoisotopic (exact) mass is 301 g/mol. The van der Waals surface area contributed by atoms with E-state index >= 15 is 0 Å². The molecule has 0 amide bonds. The van der Waals surface area contributed by atoms with Crippen molar-refractivity contribution in [2.75, 3.05) is 6.54 Å². The average molecular weight is 301 g/mol. The molecular weight excluding hydrogens is 282 g/mol. The molecule has 1 unspecified atom stereocenters. The lowest BCUT2D eigenvalue weighted by Gasteiger charge is -2.33. The Morgan fingerprint density at radius 2 is 2.19 bits per heavy atom. The van der Waals surface area contributed by atoms with Gasteiger partial charge in [-0.1, -0.05) is 18.2 Å². The molecule has 1 aromatic carbocycles. The number of aryl methyl sites for hydroxylation is 1. The van der Waals surface area contributed by atoms with E-state index in [1.54, 1.807) is 11.3 Å². The van der Waals surface area contributed by atoms with Gasteiger partial charge in [-0.25, -0.2) is 0 Å². The van der Waals surface area contributed by atoms with Crippen molar-refractivity contribution in [3.05, 3.63) is 56.8 Å². The highest BCUT2D eigenvalue weighted by molar-refractivity contribution is 7.10. The molecule has 1 atom stereocenters. The van der Waals surface area contributed by atoms with Gasteiger partial charge in [0.05, 0.1) is 0 Å². The number of carboxylic acid groups (broad SMARTS) is 1. The van der Waals surface area contributed by atoms with Crippen LogP contribution in [0.25, 0.3) is 0 Å². The van der Waals surface area contributed by atoms with Crippen LogP contribution in [0.1, 0.15) is 33.2 Å². The first-order chi connectivity index (χ1) is 10.1. The lowest BCUT2D eigenvalue weighted by Crippen LogP contribution is -2.38.